The Morgan fingerprint density at radius 2 is 1.78 bits per heavy atom. The number of aliphatic carboxylic acids is 1. The predicted molar refractivity (Wildman–Crippen MR) is 63.3 cm³/mol. The van der Waals surface area contributed by atoms with Crippen molar-refractivity contribution in [2.45, 2.75) is 31.2 Å². The molecule has 18 heavy (non-hydrogen) atoms. The van der Waals surface area contributed by atoms with Crippen LogP contribution < -0.4 is 4.72 Å². The highest BCUT2D eigenvalue weighted by atomic mass is 32.2. The lowest BCUT2D eigenvalue weighted by molar-refractivity contribution is -0.148. The molecule has 2 N–H and O–H groups in total. The van der Waals surface area contributed by atoms with E-state index in [-0.39, 0.29) is 26.1 Å². The number of carboxylic acids is 1. The maximum atomic E-state index is 12.1. The van der Waals surface area contributed by atoms with Crippen LogP contribution in [0.2, 0.25) is 0 Å². The molecular formula is C10H18N2O5S. The van der Waals surface area contributed by atoms with E-state index in [9.17, 15) is 18.3 Å². The van der Waals surface area contributed by atoms with Crippen molar-refractivity contribution < 1.29 is 23.1 Å². The lowest BCUT2D eigenvalue weighted by Gasteiger charge is -2.34. The molecule has 104 valence electrons. The Labute approximate surface area is 106 Å². The van der Waals surface area contributed by atoms with E-state index in [0.717, 1.165) is 12.8 Å². The molecule has 0 bridgehead atoms. The van der Waals surface area contributed by atoms with Crippen LogP contribution in [-0.2, 0) is 19.7 Å². The standard InChI is InChI=1S/C10H18N2O5S/c13-9(14)10(3-7-17-8-4-10)11-18(15,16)12-5-1-2-6-12/h11H,1-8H2,(H,13,14). The van der Waals surface area contributed by atoms with Gasteiger partial charge >= 0.3 is 5.97 Å². The normalized spacial score (nSPS) is 25.1. The van der Waals surface area contributed by atoms with E-state index in [1.54, 1.807) is 0 Å². The second kappa shape index (κ2) is 5.12. The maximum Gasteiger partial charge on any atom is 0.325 e. The molecule has 2 aliphatic heterocycles. The average molecular weight is 278 g/mol. The third kappa shape index (κ3) is 2.66. The summed E-state index contributed by atoms with van der Waals surface area (Å²) >= 11 is 0. The summed E-state index contributed by atoms with van der Waals surface area (Å²) in [6.45, 7) is 1.44. The number of rotatable bonds is 4. The summed E-state index contributed by atoms with van der Waals surface area (Å²) in [6, 6.07) is 0. The summed E-state index contributed by atoms with van der Waals surface area (Å²) < 4.78 is 33.0. The minimum absolute atomic E-state index is 0.162. The molecule has 7 nitrogen and oxygen atoms in total. The number of carbonyl (C=O) groups is 1. The smallest absolute Gasteiger partial charge is 0.325 e. The number of hydrogen-bond acceptors (Lipinski definition) is 4. The van der Waals surface area contributed by atoms with Crippen LogP contribution in [0.15, 0.2) is 0 Å². The van der Waals surface area contributed by atoms with Crippen LogP contribution in [0.4, 0.5) is 0 Å². The van der Waals surface area contributed by atoms with Gasteiger partial charge in [0.15, 0.2) is 0 Å². The molecule has 0 atom stereocenters. The van der Waals surface area contributed by atoms with Crippen LogP contribution in [0.1, 0.15) is 25.7 Å². The summed E-state index contributed by atoms with van der Waals surface area (Å²) in [5.74, 6) is -1.13. The summed E-state index contributed by atoms with van der Waals surface area (Å²) in [5, 5.41) is 9.29. The van der Waals surface area contributed by atoms with Gasteiger partial charge in [0.25, 0.3) is 10.2 Å². The quantitative estimate of drug-likeness (QED) is 0.726. The van der Waals surface area contributed by atoms with Crippen LogP contribution in [0.5, 0.6) is 0 Å². The van der Waals surface area contributed by atoms with E-state index in [1.165, 1.54) is 4.31 Å². The fourth-order valence-corrected chi connectivity index (χ4v) is 3.97. The van der Waals surface area contributed by atoms with E-state index in [0.29, 0.717) is 13.1 Å². The zero-order valence-electron chi connectivity index (χ0n) is 10.1. The van der Waals surface area contributed by atoms with Crippen LogP contribution in [0.3, 0.4) is 0 Å². The molecule has 0 aromatic heterocycles. The zero-order chi connectivity index (χ0) is 13.2. The lowest BCUT2D eigenvalue weighted by Crippen LogP contribution is -2.60. The van der Waals surface area contributed by atoms with Crippen LogP contribution in [0.25, 0.3) is 0 Å². The SMILES string of the molecule is O=C(O)C1(NS(=O)(=O)N2CCCC2)CCOCC1. The molecule has 0 saturated carbocycles. The molecule has 0 radical (unpaired) electrons. The van der Waals surface area contributed by atoms with Crippen molar-refractivity contribution in [3.63, 3.8) is 0 Å². The van der Waals surface area contributed by atoms with E-state index in [1.807, 2.05) is 0 Å². The topological polar surface area (TPSA) is 95.9 Å². The Balaban J connectivity index is 2.15. The van der Waals surface area contributed by atoms with Crippen molar-refractivity contribution in [2.75, 3.05) is 26.3 Å². The van der Waals surface area contributed by atoms with Crippen molar-refractivity contribution in [1.29, 1.82) is 0 Å². The largest absolute Gasteiger partial charge is 0.480 e. The third-order valence-corrected chi connectivity index (χ3v) is 5.18. The number of carboxylic acid groups (broad SMARTS) is 1. The molecule has 2 saturated heterocycles. The Hall–Kier alpha value is -0.700. The van der Waals surface area contributed by atoms with Crippen molar-refractivity contribution in [3.8, 4) is 0 Å². The second-order valence-electron chi connectivity index (χ2n) is 4.71. The molecule has 2 fully saturated rings. The minimum atomic E-state index is -3.72. The summed E-state index contributed by atoms with van der Waals surface area (Å²) in [7, 11) is -3.72. The van der Waals surface area contributed by atoms with E-state index in [4.69, 9.17) is 4.74 Å². The van der Waals surface area contributed by atoms with Gasteiger partial charge in [-0.15, -0.1) is 0 Å². The minimum Gasteiger partial charge on any atom is -0.480 e. The van der Waals surface area contributed by atoms with Gasteiger partial charge < -0.3 is 9.84 Å². The molecule has 0 spiro atoms. The number of hydrogen-bond donors (Lipinski definition) is 2. The van der Waals surface area contributed by atoms with E-state index >= 15 is 0 Å². The average Bonchev–Trinajstić information content (AvgIpc) is 2.83. The molecule has 0 aromatic carbocycles. The summed E-state index contributed by atoms with van der Waals surface area (Å²) in [4.78, 5) is 11.4. The molecule has 0 unspecified atom stereocenters. The third-order valence-electron chi connectivity index (χ3n) is 3.49. The highest BCUT2D eigenvalue weighted by molar-refractivity contribution is 7.87. The van der Waals surface area contributed by atoms with Gasteiger partial charge in [-0.1, -0.05) is 0 Å². The summed E-state index contributed by atoms with van der Waals surface area (Å²) in [6.07, 6.45) is 1.97. The van der Waals surface area contributed by atoms with Gasteiger partial charge in [0.2, 0.25) is 0 Å². The number of nitrogens with one attached hydrogen (secondary N) is 1. The molecular weight excluding hydrogens is 260 g/mol. The van der Waals surface area contributed by atoms with Crippen LogP contribution >= 0.6 is 0 Å². The van der Waals surface area contributed by atoms with Crippen molar-refractivity contribution >= 4 is 16.2 Å². The van der Waals surface area contributed by atoms with Gasteiger partial charge in [0.05, 0.1) is 0 Å². The lowest BCUT2D eigenvalue weighted by atomic mass is 9.92. The number of nitrogens with zero attached hydrogens (tertiary/aromatic N) is 1. The van der Waals surface area contributed by atoms with Crippen molar-refractivity contribution in [3.05, 3.63) is 0 Å². The first-order chi connectivity index (χ1) is 8.46. The Morgan fingerprint density at radius 1 is 1.22 bits per heavy atom. The molecule has 0 amide bonds. The van der Waals surface area contributed by atoms with Gasteiger partial charge in [-0.3, -0.25) is 4.79 Å². The highest BCUT2D eigenvalue weighted by Gasteiger charge is 2.45. The Morgan fingerprint density at radius 3 is 2.28 bits per heavy atom. The molecule has 0 aromatic rings. The molecule has 0 aliphatic carbocycles. The van der Waals surface area contributed by atoms with Gasteiger partial charge in [-0.05, 0) is 12.8 Å². The molecule has 2 rings (SSSR count). The van der Waals surface area contributed by atoms with Gasteiger partial charge in [-0.2, -0.15) is 17.4 Å². The monoisotopic (exact) mass is 278 g/mol. The van der Waals surface area contributed by atoms with E-state index < -0.39 is 21.7 Å². The number of ether oxygens (including phenoxy) is 1. The highest BCUT2D eigenvalue weighted by Crippen LogP contribution is 2.24. The van der Waals surface area contributed by atoms with Gasteiger partial charge in [-0.25, -0.2) is 0 Å². The van der Waals surface area contributed by atoms with Gasteiger partial charge in [0, 0.05) is 39.1 Å². The fraction of sp³-hybridized carbons (Fsp3) is 0.900. The maximum absolute atomic E-state index is 12.1. The van der Waals surface area contributed by atoms with Gasteiger partial charge in [0.1, 0.15) is 5.54 Å². The fourth-order valence-electron chi connectivity index (χ4n) is 2.32. The first-order valence-corrected chi connectivity index (χ1v) is 7.50. The van der Waals surface area contributed by atoms with Crippen LogP contribution in [0, 0.1) is 0 Å². The van der Waals surface area contributed by atoms with Crippen molar-refractivity contribution in [2.24, 2.45) is 0 Å². The van der Waals surface area contributed by atoms with Crippen LogP contribution in [-0.4, -0.2) is 55.6 Å². The Kier molecular flexibility index (Phi) is 3.90. The predicted octanol–water partition coefficient (Wildman–Crippen LogP) is -0.450. The molecule has 8 heteroatoms. The Bertz CT molecular complexity index is 410. The summed E-state index contributed by atoms with van der Waals surface area (Å²) in [5.41, 5.74) is -1.42. The van der Waals surface area contributed by atoms with E-state index in [2.05, 4.69) is 4.72 Å². The second-order valence-corrected chi connectivity index (χ2v) is 6.38. The first-order valence-electron chi connectivity index (χ1n) is 6.06. The first kappa shape index (κ1) is 13.7. The molecule has 2 heterocycles. The zero-order valence-corrected chi connectivity index (χ0v) is 10.9. The molecule has 2 aliphatic rings. The van der Waals surface area contributed by atoms with Crippen molar-refractivity contribution in [1.82, 2.24) is 9.03 Å².